The molecule has 1 aromatic carbocycles. The van der Waals surface area contributed by atoms with E-state index >= 15 is 0 Å². The van der Waals surface area contributed by atoms with E-state index in [9.17, 15) is 9.59 Å². The molecule has 3 aromatic rings. The van der Waals surface area contributed by atoms with Crippen LogP contribution in [-0.2, 0) is 24.2 Å². The Morgan fingerprint density at radius 2 is 1.88 bits per heavy atom. The maximum absolute atomic E-state index is 12.8. The predicted octanol–water partition coefficient (Wildman–Crippen LogP) is 4.95. The van der Waals surface area contributed by atoms with Gasteiger partial charge < -0.3 is 15.2 Å². The van der Waals surface area contributed by atoms with E-state index < -0.39 is 6.04 Å². The highest BCUT2D eigenvalue weighted by Gasteiger charge is 2.37. The number of benzene rings is 1. The number of hydrogen-bond donors (Lipinski definition) is 2. The summed E-state index contributed by atoms with van der Waals surface area (Å²) >= 11 is 1.56. The van der Waals surface area contributed by atoms with Gasteiger partial charge in [0.1, 0.15) is 6.04 Å². The molecule has 2 N–H and O–H groups in total. The van der Waals surface area contributed by atoms with Crippen LogP contribution in [0, 0.1) is 0 Å². The van der Waals surface area contributed by atoms with E-state index in [1.165, 1.54) is 34.3 Å². The van der Waals surface area contributed by atoms with Gasteiger partial charge in [-0.3, -0.25) is 9.69 Å². The summed E-state index contributed by atoms with van der Waals surface area (Å²) in [5.41, 5.74) is 3.69. The first-order valence-corrected chi connectivity index (χ1v) is 12.9. The Labute approximate surface area is 200 Å². The number of urea groups is 1. The summed E-state index contributed by atoms with van der Waals surface area (Å²) in [6, 6.07) is 9.64. The number of aromatic nitrogens is 1. The molecule has 3 heterocycles. The molecule has 6 nitrogen and oxygen atoms in total. The van der Waals surface area contributed by atoms with Crippen molar-refractivity contribution in [3.05, 3.63) is 57.9 Å². The lowest BCUT2D eigenvalue weighted by Crippen LogP contribution is -2.30. The number of nitrogens with one attached hydrogen (secondary N) is 2. The molecular formula is C26H34N4O2S. The fourth-order valence-electron chi connectivity index (χ4n) is 4.63. The Morgan fingerprint density at radius 3 is 2.61 bits per heavy atom. The molecule has 7 heteroatoms. The van der Waals surface area contributed by atoms with Crippen LogP contribution in [0.2, 0.25) is 0 Å². The zero-order valence-corrected chi connectivity index (χ0v) is 20.4. The van der Waals surface area contributed by atoms with Crippen molar-refractivity contribution in [1.29, 1.82) is 0 Å². The highest BCUT2D eigenvalue weighted by molar-refractivity contribution is 7.09. The van der Waals surface area contributed by atoms with Gasteiger partial charge in [-0.25, -0.2) is 4.79 Å². The number of carbonyl (C=O) groups is 2. The maximum atomic E-state index is 12.8. The average molecular weight is 467 g/mol. The van der Waals surface area contributed by atoms with Crippen LogP contribution < -0.4 is 5.32 Å². The second-order valence-corrected chi connectivity index (χ2v) is 9.86. The van der Waals surface area contributed by atoms with Crippen molar-refractivity contribution in [1.82, 2.24) is 20.1 Å². The van der Waals surface area contributed by atoms with Crippen LogP contribution in [0.3, 0.4) is 0 Å². The molecule has 0 aliphatic carbocycles. The maximum Gasteiger partial charge on any atom is 0.325 e. The zero-order chi connectivity index (χ0) is 23.2. The Balaban J connectivity index is 1.37. The normalized spacial score (nSPS) is 16.3. The number of carbonyl (C=O) groups excluding carboxylic acids is 2. The van der Waals surface area contributed by atoms with Crippen LogP contribution in [-0.4, -0.2) is 52.4 Å². The number of thiophene rings is 1. The minimum absolute atomic E-state index is 0.122. The van der Waals surface area contributed by atoms with Crippen LogP contribution >= 0.6 is 11.3 Å². The molecule has 0 saturated carbocycles. The second kappa shape index (κ2) is 11.0. The van der Waals surface area contributed by atoms with Gasteiger partial charge in [0, 0.05) is 28.5 Å². The molecule has 0 radical (unpaired) electrons. The standard InChI is InChI=1S/C26H34N4O2S/c1-3-12-29(13-4-2)14-11-20-17-27-23-9-7-19(16-22(20)23)8-10-24-25(31)30(26(32)28-24)18-21-6-5-15-33-21/h5-7,9,15-17,24,27H,3-4,8,10-14,18H2,1-2H3,(H,28,32). The molecule has 3 amide bonds. The molecule has 1 aliphatic rings. The lowest BCUT2D eigenvalue weighted by atomic mass is 10.0. The van der Waals surface area contributed by atoms with Gasteiger partial charge in [0.25, 0.3) is 5.91 Å². The van der Waals surface area contributed by atoms with Crippen molar-refractivity contribution in [3.63, 3.8) is 0 Å². The summed E-state index contributed by atoms with van der Waals surface area (Å²) < 4.78 is 0. The molecule has 33 heavy (non-hydrogen) atoms. The minimum Gasteiger partial charge on any atom is -0.361 e. The quantitative estimate of drug-likeness (QED) is 0.371. The number of H-pyrrole nitrogens is 1. The summed E-state index contributed by atoms with van der Waals surface area (Å²) in [5.74, 6) is -0.122. The summed E-state index contributed by atoms with van der Waals surface area (Å²) in [4.78, 5) is 33.4. The first-order chi connectivity index (χ1) is 16.1. The van der Waals surface area contributed by atoms with Crippen molar-refractivity contribution >= 4 is 34.2 Å². The molecule has 0 bridgehead atoms. The van der Waals surface area contributed by atoms with E-state index in [-0.39, 0.29) is 11.9 Å². The van der Waals surface area contributed by atoms with E-state index in [1.807, 2.05) is 17.5 Å². The second-order valence-electron chi connectivity index (χ2n) is 8.83. The summed E-state index contributed by atoms with van der Waals surface area (Å²) in [5, 5.41) is 6.09. The SMILES string of the molecule is CCCN(CCC)CCc1c[nH]c2ccc(CCC3NC(=O)N(Cc4cccs4)C3=O)cc12. The molecular weight excluding hydrogens is 432 g/mol. The molecule has 1 aliphatic heterocycles. The monoisotopic (exact) mass is 466 g/mol. The Morgan fingerprint density at radius 1 is 1.06 bits per heavy atom. The minimum atomic E-state index is -0.449. The smallest absolute Gasteiger partial charge is 0.325 e. The third kappa shape index (κ3) is 5.65. The zero-order valence-electron chi connectivity index (χ0n) is 19.6. The molecule has 1 fully saturated rings. The van der Waals surface area contributed by atoms with Crippen LogP contribution in [0.25, 0.3) is 10.9 Å². The van der Waals surface area contributed by atoms with Crippen LogP contribution in [0.15, 0.2) is 41.9 Å². The van der Waals surface area contributed by atoms with E-state index in [4.69, 9.17) is 0 Å². The van der Waals surface area contributed by atoms with Crippen molar-refractivity contribution in [2.24, 2.45) is 0 Å². The first-order valence-electron chi connectivity index (χ1n) is 12.0. The number of rotatable bonds is 12. The molecule has 1 unspecified atom stereocenters. The predicted molar refractivity (Wildman–Crippen MR) is 135 cm³/mol. The van der Waals surface area contributed by atoms with Crippen LogP contribution in [0.4, 0.5) is 4.79 Å². The Kier molecular flexibility index (Phi) is 7.83. The van der Waals surface area contributed by atoms with Gasteiger partial charge >= 0.3 is 6.03 Å². The molecule has 4 rings (SSSR count). The lowest BCUT2D eigenvalue weighted by molar-refractivity contribution is -0.127. The summed E-state index contributed by atoms with van der Waals surface area (Å²) in [6.07, 6.45) is 6.88. The number of aryl methyl sites for hydroxylation is 1. The number of nitrogens with zero attached hydrogens (tertiary/aromatic N) is 2. The third-order valence-corrected chi connectivity index (χ3v) is 7.19. The summed E-state index contributed by atoms with van der Waals surface area (Å²) in [7, 11) is 0. The number of imide groups is 1. The molecule has 2 aromatic heterocycles. The summed E-state index contributed by atoms with van der Waals surface area (Å²) in [6.45, 7) is 8.18. The first kappa shape index (κ1) is 23.5. The number of fused-ring (bicyclic) bond motifs is 1. The van der Waals surface area contributed by atoms with Gasteiger partial charge in [-0.15, -0.1) is 11.3 Å². The van der Waals surface area contributed by atoms with Gasteiger partial charge in [0.05, 0.1) is 6.54 Å². The average Bonchev–Trinajstić information content (AvgIpc) is 3.53. The van der Waals surface area contributed by atoms with Gasteiger partial charge in [0.15, 0.2) is 0 Å². The third-order valence-electron chi connectivity index (χ3n) is 6.33. The number of hydrogen-bond acceptors (Lipinski definition) is 4. The molecule has 0 spiro atoms. The Hall–Kier alpha value is -2.64. The van der Waals surface area contributed by atoms with Crippen LogP contribution in [0.5, 0.6) is 0 Å². The van der Waals surface area contributed by atoms with E-state index in [0.717, 1.165) is 42.9 Å². The van der Waals surface area contributed by atoms with Gasteiger partial charge in [0.2, 0.25) is 0 Å². The topological polar surface area (TPSA) is 68.4 Å². The number of amides is 3. The molecule has 1 atom stereocenters. The lowest BCUT2D eigenvalue weighted by Gasteiger charge is -2.20. The largest absolute Gasteiger partial charge is 0.361 e. The van der Waals surface area contributed by atoms with E-state index in [1.54, 1.807) is 11.3 Å². The van der Waals surface area contributed by atoms with Crippen LogP contribution in [0.1, 0.15) is 49.1 Å². The van der Waals surface area contributed by atoms with Gasteiger partial charge in [-0.1, -0.05) is 26.0 Å². The fourth-order valence-corrected chi connectivity index (χ4v) is 5.32. The van der Waals surface area contributed by atoms with Crippen molar-refractivity contribution in [2.75, 3.05) is 19.6 Å². The molecule has 176 valence electrons. The van der Waals surface area contributed by atoms with Gasteiger partial charge in [-0.2, -0.15) is 0 Å². The van der Waals surface area contributed by atoms with Crippen molar-refractivity contribution < 1.29 is 9.59 Å². The highest BCUT2D eigenvalue weighted by Crippen LogP contribution is 2.23. The van der Waals surface area contributed by atoms with E-state index in [2.05, 4.69) is 53.4 Å². The van der Waals surface area contributed by atoms with Gasteiger partial charge in [-0.05, 0) is 79.9 Å². The van der Waals surface area contributed by atoms with E-state index in [0.29, 0.717) is 13.0 Å². The van der Waals surface area contributed by atoms with Crippen molar-refractivity contribution in [2.45, 2.75) is 58.5 Å². The fraction of sp³-hybridized carbons (Fsp3) is 0.462. The highest BCUT2D eigenvalue weighted by atomic mass is 32.1. The molecule has 1 saturated heterocycles. The van der Waals surface area contributed by atoms with Crippen molar-refractivity contribution in [3.8, 4) is 0 Å². The Bertz CT molecular complexity index is 1070. The number of aromatic amines is 1.